The molecule has 2 heterocycles. The van der Waals surface area contributed by atoms with Crippen LogP contribution in [0.4, 0.5) is 19.0 Å². The number of hydrogen-bond acceptors (Lipinski definition) is 4. The minimum atomic E-state index is -2.60. The van der Waals surface area contributed by atoms with Crippen LogP contribution < -0.4 is 4.90 Å². The van der Waals surface area contributed by atoms with Crippen LogP contribution in [0.3, 0.4) is 0 Å². The van der Waals surface area contributed by atoms with E-state index in [9.17, 15) is 27.9 Å². The highest BCUT2D eigenvalue weighted by molar-refractivity contribution is 6.30. The molecule has 4 aliphatic rings. The number of amides is 2. The SMILES string of the molecule is O=C1C(C23CC(O)(C2)C3)N(Cc2ccc(C(F)F)cc2)C(=O)CN1c1ncc(Cl)cc1F. The average molecular weight is 466 g/mol. The quantitative estimate of drug-likeness (QED) is 0.734. The Kier molecular flexibility index (Phi) is 4.76. The molecular weight excluding hydrogens is 447 g/mol. The van der Waals surface area contributed by atoms with Gasteiger partial charge in [-0.25, -0.2) is 18.2 Å². The maximum atomic E-state index is 14.5. The van der Waals surface area contributed by atoms with E-state index < -0.39 is 47.7 Å². The van der Waals surface area contributed by atoms with Crippen LogP contribution in [0.5, 0.6) is 0 Å². The van der Waals surface area contributed by atoms with E-state index in [1.165, 1.54) is 35.4 Å². The van der Waals surface area contributed by atoms with Crippen molar-refractivity contribution in [3.63, 3.8) is 0 Å². The summed E-state index contributed by atoms with van der Waals surface area (Å²) in [5.74, 6) is -1.99. The lowest BCUT2D eigenvalue weighted by molar-refractivity contribution is -0.280. The van der Waals surface area contributed by atoms with Gasteiger partial charge in [0.15, 0.2) is 11.6 Å². The summed E-state index contributed by atoms with van der Waals surface area (Å²) in [7, 11) is 0. The van der Waals surface area contributed by atoms with Crippen molar-refractivity contribution in [2.45, 2.75) is 43.9 Å². The Balaban J connectivity index is 1.47. The monoisotopic (exact) mass is 465 g/mol. The van der Waals surface area contributed by atoms with Gasteiger partial charge in [0, 0.05) is 23.7 Å². The molecule has 2 amide bonds. The van der Waals surface area contributed by atoms with E-state index in [1.807, 2.05) is 0 Å². The molecule has 6 rings (SSSR count). The molecule has 0 spiro atoms. The molecule has 2 aromatic rings. The van der Waals surface area contributed by atoms with Gasteiger partial charge in [0.25, 0.3) is 12.3 Å². The van der Waals surface area contributed by atoms with E-state index in [1.54, 1.807) is 0 Å². The molecule has 3 saturated carbocycles. The molecule has 1 N–H and O–H groups in total. The highest BCUT2D eigenvalue weighted by Gasteiger charge is 2.73. The van der Waals surface area contributed by atoms with Gasteiger partial charge in [0.05, 0.1) is 10.6 Å². The number of benzene rings is 1. The topological polar surface area (TPSA) is 73.7 Å². The Morgan fingerprint density at radius 3 is 2.41 bits per heavy atom. The van der Waals surface area contributed by atoms with Crippen molar-refractivity contribution in [1.29, 1.82) is 0 Å². The van der Waals surface area contributed by atoms with E-state index in [2.05, 4.69) is 4.98 Å². The van der Waals surface area contributed by atoms with Gasteiger partial charge in [0.1, 0.15) is 12.6 Å². The van der Waals surface area contributed by atoms with Gasteiger partial charge < -0.3 is 10.0 Å². The number of aromatic nitrogens is 1. The zero-order valence-electron chi connectivity index (χ0n) is 16.8. The lowest BCUT2D eigenvalue weighted by atomic mass is 9.38. The zero-order valence-corrected chi connectivity index (χ0v) is 17.5. The molecule has 1 atom stereocenters. The summed E-state index contributed by atoms with van der Waals surface area (Å²) in [5.41, 5.74) is -0.954. The van der Waals surface area contributed by atoms with E-state index in [-0.39, 0.29) is 22.9 Å². The number of aliphatic hydroxyl groups is 1. The third-order valence-corrected chi connectivity index (χ3v) is 6.88. The van der Waals surface area contributed by atoms with Crippen LogP contribution in [0.1, 0.15) is 36.8 Å². The second-order valence-corrected chi connectivity index (χ2v) is 9.40. The molecule has 4 fully saturated rings. The number of rotatable bonds is 5. The minimum absolute atomic E-state index is 0.0449. The number of alkyl halides is 2. The molecular formula is C22H19ClF3N3O3. The number of halogens is 4. The lowest BCUT2D eigenvalue weighted by Gasteiger charge is -2.71. The molecule has 6 nitrogen and oxygen atoms in total. The predicted octanol–water partition coefficient (Wildman–Crippen LogP) is 3.47. The molecule has 1 aromatic heterocycles. The first-order valence-corrected chi connectivity index (χ1v) is 10.5. The van der Waals surface area contributed by atoms with Crippen molar-refractivity contribution in [2.75, 3.05) is 11.4 Å². The van der Waals surface area contributed by atoms with Gasteiger partial charge in [-0.3, -0.25) is 14.5 Å². The molecule has 168 valence electrons. The molecule has 1 aliphatic heterocycles. The van der Waals surface area contributed by atoms with Crippen molar-refractivity contribution < 1.29 is 27.9 Å². The normalized spacial score (nSPS) is 29.2. The van der Waals surface area contributed by atoms with Crippen molar-refractivity contribution in [3.8, 4) is 0 Å². The van der Waals surface area contributed by atoms with Crippen LogP contribution in [0.2, 0.25) is 5.02 Å². The summed E-state index contributed by atoms with van der Waals surface area (Å²) >= 11 is 5.76. The standard InChI is InChI=1S/C22H19ClF3N3O3/c23-14-5-15(24)19(27-6-14)29-8-16(30)28(7-12-1-3-13(4-2-12)18(25)26)17(20(29)31)21-9-22(32,10-21)11-21/h1-6,17-18,32H,7-11H2. The summed E-state index contributed by atoms with van der Waals surface area (Å²) in [5, 5.41) is 10.3. The fourth-order valence-electron chi connectivity index (χ4n) is 5.35. The first kappa shape index (κ1) is 21.2. The minimum Gasteiger partial charge on any atom is -0.390 e. The molecule has 3 aliphatic carbocycles. The maximum Gasteiger partial charge on any atom is 0.263 e. The van der Waals surface area contributed by atoms with Gasteiger partial charge in [-0.05, 0) is 30.9 Å². The van der Waals surface area contributed by atoms with Gasteiger partial charge in [-0.2, -0.15) is 0 Å². The van der Waals surface area contributed by atoms with Gasteiger partial charge in [-0.15, -0.1) is 0 Å². The molecule has 1 aromatic carbocycles. The fraction of sp³-hybridized carbons (Fsp3) is 0.409. The smallest absolute Gasteiger partial charge is 0.263 e. The number of pyridine rings is 1. The lowest BCUT2D eigenvalue weighted by Crippen LogP contribution is -2.78. The van der Waals surface area contributed by atoms with Crippen molar-refractivity contribution >= 4 is 29.2 Å². The molecule has 1 unspecified atom stereocenters. The molecule has 2 bridgehead atoms. The van der Waals surface area contributed by atoms with E-state index in [0.29, 0.717) is 24.8 Å². The van der Waals surface area contributed by atoms with E-state index in [4.69, 9.17) is 11.6 Å². The third kappa shape index (κ3) is 3.26. The van der Waals surface area contributed by atoms with Crippen molar-refractivity contribution in [3.05, 3.63) is 58.5 Å². The summed E-state index contributed by atoms with van der Waals surface area (Å²) in [6.07, 6.45) is -0.293. The second-order valence-electron chi connectivity index (χ2n) is 8.97. The fourth-order valence-corrected chi connectivity index (χ4v) is 5.50. The van der Waals surface area contributed by atoms with Crippen LogP contribution in [-0.2, 0) is 16.1 Å². The van der Waals surface area contributed by atoms with Crippen LogP contribution >= 0.6 is 11.6 Å². The van der Waals surface area contributed by atoms with Gasteiger partial charge in [-0.1, -0.05) is 35.9 Å². The first-order chi connectivity index (χ1) is 15.1. The molecule has 32 heavy (non-hydrogen) atoms. The zero-order chi connectivity index (χ0) is 22.8. The van der Waals surface area contributed by atoms with Crippen molar-refractivity contribution in [1.82, 2.24) is 9.88 Å². The van der Waals surface area contributed by atoms with Crippen LogP contribution in [0.15, 0.2) is 36.5 Å². The van der Waals surface area contributed by atoms with E-state index >= 15 is 0 Å². The van der Waals surface area contributed by atoms with Crippen LogP contribution in [0, 0.1) is 11.2 Å². The number of nitrogens with zero attached hydrogens (tertiary/aromatic N) is 3. The largest absolute Gasteiger partial charge is 0.390 e. The highest BCUT2D eigenvalue weighted by Crippen LogP contribution is 2.70. The third-order valence-electron chi connectivity index (χ3n) is 6.68. The van der Waals surface area contributed by atoms with Crippen molar-refractivity contribution in [2.24, 2.45) is 5.41 Å². The molecule has 10 heteroatoms. The number of hydrogen-bond donors (Lipinski definition) is 1. The number of piperazine rings is 1. The Hall–Kier alpha value is -2.65. The molecule has 0 radical (unpaired) electrons. The first-order valence-electron chi connectivity index (χ1n) is 10.1. The number of anilines is 1. The summed E-state index contributed by atoms with van der Waals surface area (Å²) < 4.78 is 40.2. The average Bonchev–Trinajstić information content (AvgIpc) is 2.69. The highest BCUT2D eigenvalue weighted by atomic mass is 35.5. The van der Waals surface area contributed by atoms with Crippen LogP contribution in [-0.4, -0.2) is 45.0 Å². The second kappa shape index (κ2) is 7.18. The molecule has 1 saturated heterocycles. The van der Waals surface area contributed by atoms with Crippen LogP contribution in [0.25, 0.3) is 0 Å². The summed E-state index contributed by atoms with van der Waals surface area (Å²) in [6, 6.07) is 5.68. The Labute approximate surface area is 186 Å². The number of carbonyl (C=O) groups is 2. The summed E-state index contributed by atoms with van der Waals surface area (Å²) in [6.45, 7) is -0.361. The Morgan fingerprint density at radius 1 is 1.19 bits per heavy atom. The predicted molar refractivity (Wildman–Crippen MR) is 109 cm³/mol. The van der Waals surface area contributed by atoms with Gasteiger partial charge in [0.2, 0.25) is 5.91 Å². The van der Waals surface area contributed by atoms with Gasteiger partial charge >= 0.3 is 0 Å². The maximum absolute atomic E-state index is 14.5. The Bertz CT molecular complexity index is 1090. The number of carbonyl (C=O) groups excluding carboxylic acids is 2. The summed E-state index contributed by atoms with van der Waals surface area (Å²) in [4.78, 5) is 33.0. The Morgan fingerprint density at radius 2 is 1.84 bits per heavy atom. The van der Waals surface area contributed by atoms with E-state index in [0.717, 1.165) is 11.0 Å².